The molecule has 3 aromatic rings. The van der Waals surface area contributed by atoms with Crippen molar-refractivity contribution in [3.8, 4) is 28.4 Å². The van der Waals surface area contributed by atoms with Gasteiger partial charge < -0.3 is 10.2 Å². The van der Waals surface area contributed by atoms with Crippen LogP contribution in [0, 0.1) is 5.82 Å². The largest absolute Gasteiger partial charge is 0.508 e. The maximum absolute atomic E-state index is 13.3. The Morgan fingerprint density at radius 1 is 1.05 bits per heavy atom. The van der Waals surface area contributed by atoms with Crippen molar-refractivity contribution in [3.63, 3.8) is 0 Å². The van der Waals surface area contributed by atoms with Crippen LogP contribution in [0.5, 0.6) is 11.5 Å². The molecule has 0 aliphatic heterocycles. The number of halogens is 1. The molecule has 2 N–H and O–H groups in total. The van der Waals surface area contributed by atoms with Gasteiger partial charge in [0.1, 0.15) is 11.4 Å². The van der Waals surface area contributed by atoms with Crippen LogP contribution in [0.3, 0.4) is 0 Å². The summed E-state index contributed by atoms with van der Waals surface area (Å²) in [6, 6.07) is 10.5. The highest BCUT2D eigenvalue weighted by molar-refractivity contribution is 5.60. The first-order valence-corrected chi connectivity index (χ1v) is 5.84. The van der Waals surface area contributed by atoms with Gasteiger partial charge in [-0.05, 0) is 24.3 Å². The Morgan fingerprint density at radius 3 is 2.65 bits per heavy atom. The average Bonchev–Trinajstić information content (AvgIpc) is 2.92. The van der Waals surface area contributed by atoms with Crippen molar-refractivity contribution >= 4 is 0 Å². The maximum atomic E-state index is 13.3. The second kappa shape index (κ2) is 4.65. The first-order valence-electron chi connectivity index (χ1n) is 5.84. The predicted octanol–water partition coefficient (Wildman–Crippen LogP) is 2.48. The molecule has 3 rings (SSSR count). The molecule has 0 saturated carbocycles. The fraction of sp³-hybridized carbons (Fsp3) is 0. The third-order valence-electron chi connectivity index (χ3n) is 2.83. The quantitative estimate of drug-likeness (QED) is 0.751. The van der Waals surface area contributed by atoms with Crippen molar-refractivity contribution in [2.24, 2.45) is 0 Å². The van der Waals surface area contributed by atoms with Gasteiger partial charge in [-0.25, -0.2) is 9.07 Å². The van der Waals surface area contributed by atoms with Gasteiger partial charge in [0.05, 0.1) is 11.9 Å². The van der Waals surface area contributed by atoms with E-state index in [4.69, 9.17) is 5.11 Å². The minimum atomic E-state index is -0.725. The van der Waals surface area contributed by atoms with Crippen molar-refractivity contribution in [3.05, 3.63) is 54.5 Å². The van der Waals surface area contributed by atoms with E-state index in [1.165, 1.54) is 16.8 Å². The zero-order valence-electron chi connectivity index (χ0n) is 10.2. The topological polar surface area (TPSA) is 71.2 Å². The number of aromatic nitrogens is 3. The summed E-state index contributed by atoms with van der Waals surface area (Å²) in [6.45, 7) is 0. The minimum Gasteiger partial charge on any atom is -0.508 e. The second-order valence-electron chi connectivity index (χ2n) is 4.23. The zero-order valence-corrected chi connectivity index (χ0v) is 10.2. The number of hydrogen-bond donors (Lipinski definition) is 2. The van der Waals surface area contributed by atoms with Crippen LogP contribution < -0.4 is 0 Å². The van der Waals surface area contributed by atoms with E-state index in [1.807, 2.05) is 0 Å². The summed E-state index contributed by atoms with van der Waals surface area (Å²) in [6.07, 6.45) is 1.61. The Hall–Kier alpha value is -2.89. The first-order chi connectivity index (χ1) is 9.63. The summed E-state index contributed by atoms with van der Waals surface area (Å²) in [5.41, 5.74) is 1.70. The Morgan fingerprint density at radius 2 is 1.90 bits per heavy atom. The predicted molar refractivity (Wildman–Crippen MR) is 70.1 cm³/mol. The Balaban J connectivity index is 1.99. The molecular weight excluding hydrogens is 261 g/mol. The molecule has 5 nitrogen and oxygen atoms in total. The number of rotatable bonds is 2. The van der Waals surface area contributed by atoms with E-state index >= 15 is 0 Å². The van der Waals surface area contributed by atoms with E-state index in [2.05, 4.69) is 10.3 Å². The van der Waals surface area contributed by atoms with Gasteiger partial charge in [0.2, 0.25) is 0 Å². The van der Waals surface area contributed by atoms with Crippen LogP contribution in [0.1, 0.15) is 0 Å². The number of phenols is 2. The van der Waals surface area contributed by atoms with E-state index < -0.39 is 11.6 Å². The maximum Gasteiger partial charge on any atom is 0.166 e. The molecule has 1 heterocycles. The number of phenolic OH excluding ortho intramolecular Hbond substituents is 2. The van der Waals surface area contributed by atoms with E-state index in [-0.39, 0.29) is 5.75 Å². The lowest BCUT2D eigenvalue weighted by atomic mass is 10.1. The molecule has 100 valence electrons. The monoisotopic (exact) mass is 271 g/mol. The molecule has 20 heavy (non-hydrogen) atoms. The lowest BCUT2D eigenvalue weighted by Crippen LogP contribution is -1.95. The normalized spacial score (nSPS) is 10.7. The van der Waals surface area contributed by atoms with Gasteiger partial charge in [-0.2, -0.15) is 0 Å². The third kappa shape index (κ3) is 2.18. The SMILES string of the molecule is Oc1cccc(-c2cn(-c3ccc(O)c(F)c3)nn2)c1. The standard InChI is InChI=1S/C14H10FN3O2/c15-12-7-10(4-5-14(12)20)18-8-13(16-17-18)9-2-1-3-11(19)6-9/h1-8,19-20H. The summed E-state index contributed by atoms with van der Waals surface area (Å²) in [7, 11) is 0. The van der Waals surface area contributed by atoms with Crippen molar-refractivity contribution in [1.29, 1.82) is 0 Å². The average molecular weight is 271 g/mol. The molecule has 2 aromatic carbocycles. The van der Waals surface area contributed by atoms with E-state index in [0.717, 1.165) is 6.07 Å². The van der Waals surface area contributed by atoms with Crippen molar-refractivity contribution < 1.29 is 14.6 Å². The molecule has 0 bridgehead atoms. The molecule has 1 aromatic heterocycles. The lowest BCUT2D eigenvalue weighted by Gasteiger charge is -2.01. The van der Waals surface area contributed by atoms with Crippen LogP contribution >= 0.6 is 0 Å². The molecule has 0 unspecified atom stereocenters. The molecule has 0 spiro atoms. The molecule has 0 aliphatic carbocycles. The number of benzene rings is 2. The van der Waals surface area contributed by atoms with Crippen LogP contribution in [0.25, 0.3) is 16.9 Å². The van der Waals surface area contributed by atoms with E-state index in [9.17, 15) is 9.50 Å². The Bertz CT molecular complexity index is 771. The Kier molecular flexibility index (Phi) is 2.83. The van der Waals surface area contributed by atoms with E-state index in [1.54, 1.807) is 30.5 Å². The number of aromatic hydroxyl groups is 2. The molecule has 0 aliphatic rings. The third-order valence-corrected chi connectivity index (χ3v) is 2.83. The summed E-state index contributed by atoms with van der Waals surface area (Å²) >= 11 is 0. The van der Waals surface area contributed by atoms with Crippen LogP contribution in [0.2, 0.25) is 0 Å². The fourth-order valence-electron chi connectivity index (χ4n) is 1.83. The summed E-state index contributed by atoms with van der Waals surface area (Å²) in [5.74, 6) is -1.01. The molecule has 6 heteroatoms. The molecule has 0 fully saturated rings. The summed E-state index contributed by atoms with van der Waals surface area (Å²) < 4.78 is 14.7. The first kappa shape index (κ1) is 12.2. The van der Waals surface area contributed by atoms with Crippen molar-refractivity contribution in [2.75, 3.05) is 0 Å². The van der Waals surface area contributed by atoms with Gasteiger partial charge in [-0.15, -0.1) is 5.10 Å². The molecule has 0 atom stereocenters. The van der Waals surface area contributed by atoms with Crippen molar-refractivity contribution in [2.45, 2.75) is 0 Å². The highest BCUT2D eigenvalue weighted by atomic mass is 19.1. The van der Waals surface area contributed by atoms with E-state index in [0.29, 0.717) is 16.9 Å². The molecular formula is C14H10FN3O2. The van der Waals surface area contributed by atoms with Crippen LogP contribution in [-0.2, 0) is 0 Å². The van der Waals surface area contributed by atoms with Gasteiger partial charge in [-0.1, -0.05) is 17.3 Å². The van der Waals surface area contributed by atoms with Gasteiger partial charge in [0.25, 0.3) is 0 Å². The van der Waals surface area contributed by atoms with Crippen LogP contribution in [0.4, 0.5) is 4.39 Å². The van der Waals surface area contributed by atoms with Crippen LogP contribution in [0.15, 0.2) is 48.7 Å². The van der Waals surface area contributed by atoms with Gasteiger partial charge in [0.15, 0.2) is 11.6 Å². The zero-order chi connectivity index (χ0) is 14.1. The number of hydrogen-bond acceptors (Lipinski definition) is 4. The minimum absolute atomic E-state index is 0.132. The summed E-state index contributed by atoms with van der Waals surface area (Å²) in [5, 5.41) is 26.5. The second-order valence-corrected chi connectivity index (χ2v) is 4.23. The van der Waals surface area contributed by atoms with Gasteiger partial charge >= 0.3 is 0 Å². The summed E-state index contributed by atoms with van der Waals surface area (Å²) in [4.78, 5) is 0. The van der Waals surface area contributed by atoms with Gasteiger partial charge in [0, 0.05) is 11.6 Å². The van der Waals surface area contributed by atoms with Gasteiger partial charge in [-0.3, -0.25) is 0 Å². The number of nitrogens with zero attached hydrogens (tertiary/aromatic N) is 3. The molecule has 0 saturated heterocycles. The molecule has 0 radical (unpaired) electrons. The van der Waals surface area contributed by atoms with Crippen molar-refractivity contribution in [1.82, 2.24) is 15.0 Å². The smallest absolute Gasteiger partial charge is 0.166 e. The van der Waals surface area contributed by atoms with Crippen LogP contribution in [-0.4, -0.2) is 25.2 Å². The molecule has 0 amide bonds. The highest BCUT2D eigenvalue weighted by Gasteiger charge is 2.08. The highest BCUT2D eigenvalue weighted by Crippen LogP contribution is 2.23. The fourth-order valence-corrected chi connectivity index (χ4v) is 1.83. The lowest BCUT2D eigenvalue weighted by molar-refractivity contribution is 0.432. The Labute approximate surface area is 113 Å².